The molecule has 0 saturated heterocycles. The first kappa shape index (κ1) is 19.2. The molecule has 3 rings (SSSR count). The lowest BCUT2D eigenvalue weighted by Gasteiger charge is -2.23. The maximum Gasteiger partial charge on any atom is 0.355 e. The van der Waals surface area contributed by atoms with E-state index < -0.39 is 0 Å². The Morgan fingerprint density at radius 2 is 1.93 bits per heavy atom. The van der Waals surface area contributed by atoms with E-state index in [0.717, 1.165) is 41.8 Å². The molecule has 1 aliphatic rings. The molecule has 27 heavy (non-hydrogen) atoms. The van der Waals surface area contributed by atoms with Crippen molar-refractivity contribution in [2.75, 3.05) is 25.6 Å². The number of hydrogen-bond acceptors (Lipinski definition) is 4. The maximum absolute atomic E-state index is 12.8. The number of esters is 1. The van der Waals surface area contributed by atoms with Crippen molar-refractivity contribution < 1.29 is 14.3 Å². The average Bonchev–Trinajstić information content (AvgIpc) is 2.99. The first-order valence-electron chi connectivity index (χ1n) is 9.61. The van der Waals surface area contributed by atoms with Gasteiger partial charge in [-0.15, -0.1) is 0 Å². The van der Waals surface area contributed by atoms with E-state index in [1.165, 1.54) is 0 Å². The summed E-state index contributed by atoms with van der Waals surface area (Å²) < 4.78 is 5.32. The number of benzene rings is 1. The van der Waals surface area contributed by atoms with Crippen molar-refractivity contribution in [2.45, 2.75) is 45.4 Å². The minimum absolute atomic E-state index is 0.0966. The summed E-state index contributed by atoms with van der Waals surface area (Å²) in [4.78, 5) is 30.4. The number of H-pyrrole nitrogens is 1. The summed E-state index contributed by atoms with van der Waals surface area (Å²) in [5, 5.41) is 0. The van der Waals surface area contributed by atoms with E-state index in [9.17, 15) is 9.59 Å². The fourth-order valence-corrected chi connectivity index (χ4v) is 3.70. The van der Waals surface area contributed by atoms with Crippen LogP contribution in [0.5, 0.6) is 0 Å². The van der Waals surface area contributed by atoms with E-state index in [4.69, 9.17) is 4.74 Å². The third kappa shape index (κ3) is 3.92. The highest BCUT2D eigenvalue weighted by atomic mass is 16.5. The Morgan fingerprint density at radius 3 is 2.56 bits per heavy atom. The number of ether oxygens (including phenoxy) is 1. The summed E-state index contributed by atoms with van der Waals surface area (Å²) in [5.41, 5.74) is 4.96. The molecule has 5 nitrogen and oxygen atoms in total. The topological polar surface area (TPSA) is 62.4 Å². The highest BCUT2D eigenvalue weighted by Gasteiger charge is 2.32. The number of ketones is 1. The third-order valence-corrected chi connectivity index (χ3v) is 5.30. The van der Waals surface area contributed by atoms with Crippen molar-refractivity contribution >= 4 is 17.4 Å². The van der Waals surface area contributed by atoms with Crippen molar-refractivity contribution in [3.8, 4) is 0 Å². The Kier molecular flexibility index (Phi) is 5.68. The van der Waals surface area contributed by atoms with Crippen LogP contribution in [0.3, 0.4) is 0 Å². The molecule has 1 heterocycles. The van der Waals surface area contributed by atoms with Gasteiger partial charge >= 0.3 is 5.97 Å². The highest BCUT2D eigenvalue weighted by Crippen LogP contribution is 2.35. The molecule has 1 aliphatic carbocycles. The molecule has 2 aromatic rings. The van der Waals surface area contributed by atoms with Crippen LogP contribution in [-0.4, -0.2) is 37.4 Å². The molecule has 5 heteroatoms. The normalized spacial score (nSPS) is 16.1. The Balaban J connectivity index is 1.81. The molecule has 1 aromatic carbocycles. The molecule has 0 aliphatic heterocycles. The van der Waals surface area contributed by atoms with Gasteiger partial charge in [-0.1, -0.05) is 25.5 Å². The lowest BCUT2D eigenvalue weighted by Crippen LogP contribution is -2.18. The van der Waals surface area contributed by atoms with Gasteiger partial charge in [-0.2, -0.15) is 0 Å². The molecule has 0 unspecified atom stereocenters. The fourth-order valence-electron chi connectivity index (χ4n) is 3.70. The predicted molar refractivity (Wildman–Crippen MR) is 107 cm³/mol. The second-order valence-electron chi connectivity index (χ2n) is 7.48. The number of aromatic nitrogens is 1. The lowest BCUT2D eigenvalue weighted by molar-refractivity contribution is 0.0492. The number of unbranched alkanes of at least 4 members (excludes halogenated alkanes) is 1. The Labute approximate surface area is 160 Å². The van der Waals surface area contributed by atoms with Gasteiger partial charge < -0.3 is 14.6 Å². The van der Waals surface area contributed by atoms with Crippen LogP contribution in [0.25, 0.3) is 0 Å². The van der Waals surface area contributed by atoms with Gasteiger partial charge in [0.1, 0.15) is 5.69 Å². The zero-order chi connectivity index (χ0) is 19.6. The minimum atomic E-state index is -0.366. The Bertz CT molecular complexity index is 834. The summed E-state index contributed by atoms with van der Waals surface area (Å²) in [6.07, 6.45) is 3.01. The number of nitrogens with zero attached hydrogens (tertiary/aromatic N) is 1. The molecular formula is C22H28N2O3. The zero-order valence-electron chi connectivity index (χ0n) is 16.6. The van der Waals surface area contributed by atoms with Crippen molar-refractivity contribution in [2.24, 2.45) is 0 Å². The first-order valence-corrected chi connectivity index (χ1v) is 9.61. The SMILES string of the molecule is CCCCOC(=O)c1[nH]c2c(c1C)C(=O)C[C@H](c1ccc(N(C)C)cc1)C2. The second kappa shape index (κ2) is 7.99. The predicted octanol–water partition coefficient (Wildman–Crippen LogP) is 4.26. The number of nitrogens with one attached hydrogen (secondary N) is 1. The maximum atomic E-state index is 12.8. The molecule has 0 radical (unpaired) electrons. The Morgan fingerprint density at radius 1 is 1.22 bits per heavy atom. The number of fused-ring (bicyclic) bond motifs is 1. The minimum Gasteiger partial charge on any atom is -0.461 e. The van der Waals surface area contributed by atoms with Gasteiger partial charge in [0.2, 0.25) is 0 Å². The van der Waals surface area contributed by atoms with Gasteiger partial charge in [0.15, 0.2) is 5.78 Å². The summed E-state index contributed by atoms with van der Waals surface area (Å²) in [6, 6.07) is 8.33. The van der Waals surface area contributed by atoms with E-state index in [0.29, 0.717) is 24.3 Å². The summed E-state index contributed by atoms with van der Waals surface area (Å²) in [6.45, 7) is 4.29. The quantitative estimate of drug-likeness (QED) is 0.611. The van der Waals surface area contributed by atoms with Crippen LogP contribution in [0.1, 0.15) is 69.8 Å². The van der Waals surface area contributed by atoms with Crippen molar-refractivity contribution in [3.63, 3.8) is 0 Å². The smallest absolute Gasteiger partial charge is 0.355 e. The lowest BCUT2D eigenvalue weighted by atomic mass is 9.81. The number of hydrogen-bond donors (Lipinski definition) is 1. The number of carbonyl (C=O) groups excluding carboxylic acids is 2. The van der Waals surface area contributed by atoms with Crippen LogP contribution < -0.4 is 4.90 Å². The number of anilines is 1. The monoisotopic (exact) mass is 368 g/mol. The van der Waals surface area contributed by atoms with Crippen LogP contribution >= 0.6 is 0 Å². The molecule has 0 amide bonds. The van der Waals surface area contributed by atoms with Crippen molar-refractivity contribution in [3.05, 3.63) is 52.3 Å². The number of rotatable bonds is 6. The molecule has 0 fully saturated rings. The van der Waals surface area contributed by atoms with Gasteiger partial charge in [0.05, 0.1) is 6.61 Å². The Hall–Kier alpha value is -2.56. The van der Waals surface area contributed by atoms with E-state index >= 15 is 0 Å². The first-order chi connectivity index (χ1) is 12.9. The van der Waals surface area contributed by atoms with Crippen LogP contribution in [0.2, 0.25) is 0 Å². The largest absolute Gasteiger partial charge is 0.461 e. The standard InChI is InChI=1S/C22H28N2O3/c1-5-6-11-27-22(26)21-14(2)20-18(23-21)12-16(13-19(20)25)15-7-9-17(10-8-15)24(3)4/h7-10,16,23H,5-6,11-13H2,1-4H3/t16-/m1/s1. The van der Waals surface area contributed by atoms with Gasteiger partial charge in [0, 0.05) is 37.5 Å². The molecule has 1 aromatic heterocycles. The molecule has 0 saturated carbocycles. The molecule has 1 N–H and O–H groups in total. The van der Waals surface area contributed by atoms with Gasteiger partial charge in [-0.05, 0) is 48.9 Å². The highest BCUT2D eigenvalue weighted by molar-refractivity contribution is 6.03. The zero-order valence-corrected chi connectivity index (χ0v) is 16.6. The van der Waals surface area contributed by atoms with Gasteiger partial charge in [-0.25, -0.2) is 4.79 Å². The third-order valence-electron chi connectivity index (χ3n) is 5.30. The summed E-state index contributed by atoms with van der Waals surface area (Å²) in [5.74, 6) is -0.141. The molecule has 1 atom stereocenters. The number of carbonyl (C=O) groups is 2. The molecule has 0 spiro atoms. The average molecular weight is 368 g/mol. The molecule has 144 valence electrons. The van der Waals surface area contributed by atoms with Crippen LogP contribution in [0, 0.1) is 6.92 Å². The van der Waals surface area contributed by atoms with E-state index in [1.807, 2.05) is 21.0 Å². The molecule has 0 bridgehead atoms. The summed E-state index contributed by atoms with van der Waals surface area (Å²) in [7, 11) is 4.02. The fraction of sp³-hybridized carbons (Fsp3) is 0.455. The van der Waals surface area contributed by atoms with Crippen LogP contribution in [0.4, 0.5) is 5.69 Å². The number of Topliss-reactive ketones (excluding diaryl/α,β-unsaturated/α-hetero) is 1. The van der Waals surface area contributed by atoms with Crippen molar-refractivity contribution in [1.29, 1.82) is 0 Å². The second-order valence-corrected chi connectivity index (χ2v) is 7.48. The van der Waals surface area contributed by atoms with Gasteiger partial charge in [-0.3, -0.25) is 4.79 Å². The van der Waals surface area contributed by atoms with Crippen molar-refractivity contribution in [1.82, 2.24) is 4.98 Å². The van der Waals surface area contributed by atoms with E-state index in [2.05, 4.69) is 41.1 Å². The van der Waals surface area contributed by atoms with Gasteiger partial charge in [0.25, 0.3) is 0 Å². The summed E-state index contributed by atoms with van der Waals surface area (Å²) >= 11 is 0. The number of aromatic amines is 1. The molecular weight excluding hydrogens is 340 g/mol. The van der Waals surface area contributed by atoms with Crippen LogP contribution in [0.15, 0.2) is 24.3 Å². The van der Waals surface area contributed by atoms with E-state index in [1.54, 1.807) is 0 Å². The van der Waals surface area contributed by atoms with E-state index in [-0.39, 0.29) is 17.7 Å². The van der Waals surface area contributed by atoms with Crippen LogP contribution in [-0.2, 0) is 11.2 Å².